The minimum absolute atomic E-state index is 0.248. The van der Waals surface area contributed by atoms with Crippen LogP contribution in [0, 0.1) is 0 Å². The highest BCUT2D eigenvalue weighted by molar-refractivity contribution is 5.75. The Labute approximate surface area is 61.1 Å². The lowest BCUT2D eigenvalue weighted by Crippen LogP contribution is -2.33. The van der Waals surface area contributed by atoms with Crippen LogP contribution in [-0.4, -0.2) is 19.1 Å². The Bertz CT molecular complexity index is 123. The van der Waals surface area contributed by atoms with Crippen LogP contribution >= 0.6 is 0 Å². The quantitative estimate of drug-likeness (QED) is 0.588. The van der Waals surface area contributed by atoms with Crippen LogP contribution in [0.25, 0.3) is 0 Å². The van der Waals surface area contributed by atoms with Crippen molar-refractivity contribution >= 4 is 5.97 Å². The SMILES string of the molecule is C=CNC(CC)C(=O)OC. The number of ether oxygens (including phenoxy) is 1. The molecule has 0 fully saturated rings. The second kappa shape index (κ2) is 4.85. The third-order valence-corrected chi connectivity index (χ3v) is 1.21. The third-order valence-electron chi connectivity index (χ3n) is 1.21. The molecule has 0 aliphatic rings. The van der Waals surface area contributed by atoms with Crippen LogP contribution in [0.5, 0.6) is 0 Å². The van der Waals surface area contributed by atoms with E-state index >= 15 is 0 Å². The number of rotatable bonds is 4. The standard InChI is InChI=1S/C7H13NO2/c1-4-6(8-5-2)7(9)10-3/h5-6,8H,2,4H2,1,3H3. The van der Waals surface area contributed by atoms with Crippen molar-refractivity contribution in [1.82, 2.24) is 5.32 Å². The van der Waals surface area contributed by atoms with Gasteiger partial charge < -0.3 is 10.1 Å². The number of carbonyl (C=O) groups is 1. The zero-order valence-corrected chi connectivity index (χ0v) is 6.39. The number of hydrogen-bond donors (Lipinski definition) is 1. The molecule has 0 heterocycles. The minimum atomic E-state index is -0.248. The summed E-state index contributed by atoms with van der Waals surface area (Å²) in [7, 11) is 1.37. The van der Waals surface area contributed by atoms with Crippen molar-refractivity contribution in [3.63, 3.8) is 0 Å². The average molecular weight is 143 g/mol. The molecule has 1 unspecified atom stereocenters. The second-order valence-electron chi connectivity index (χ2n) is 1.85. The molecule has 10 heavy (non-hydrogen) atoms. The van der Waals surface area contributed by atoms with Crippen LogP contribution in [0.1, 0.15) is 13.3 Å². The Morgan fingerprint density at radius 3 is 2.80 bits per heavy atom. The summed E-state index contributed by atoms with van der Waals surface area (Å²) >= 11 is 0. The van der Waals surface area contributed by atoms with Crippen LogP contribution in [0.2, 0.25) is 0 Å². The Morgan fingerprint density at radius 2 is 2.50 bits per heavy atom. The van der Waals surface area contributed by atoms with Gasteiger partial charge in [-0.25, -0.2) is 4.79 Å². The zero-order valence-electron chi connectivity index (χ0n) is 6.39. The minimum Gasteiger partial charge on any atom is -0.467 e. The van der Waals surface area contributed by atoms with E-state index in [1.807, 2.05) is 6.92 Å². The zero-order chi connectivity index (χ0) is 7.98. The molecule has 1 N–H and O–H groups in total. The van der Waals surface area contributed by atoms with Gasteiger partial charge in [-0.1, -0.05) is 13.5 Å². The molecule has 0 spiro atoms. The molecule has 0 bridgehead atoms. The number of nitrogens with one attached hydrogen (secondary N) is 1. The fourth-order valence-electron chi connectivity index (χ4n) is 0.637. The highest BCUT2D eigenvalue weighted by Crippen LogP contribution is 1.92. The van der Waals surface area contributed by atoms with E-state index in [2.05, 4.69) is 16.6 Å². The molecule has 3 nitrogen and oxygen atoms in total. The van der Waals surface area contributed by atoms with Crippen molar-refractivity contribution in [3.05, 3.63) is 12.8 Å². The van der Waals surface area contributed by atoms with E-state index < -0.39 is 0 Å². The summed E-state index contributed by atoms with van der Waals surface area (Å²) < 4.78 is 4.51. The van der Waals surface area contributed by atoms with E-state index in [9.17, 15) is 4.79 Å². The summed E-state index contributed by atoms with van der Waals surface area (Å²) in [6, 6.07) is -0.248. The van der Waals surface area contributed by atoms with E-state index in [4.69, 9.17) is 0 Å². The average Bonchev–Trinajstić information content (AvgIpc) is 1.99. The van der Waals surface area contributed by atoms with Gasteiger partial charge in [0.2, 0.25) is 0 Å². The summed E-state index contributed by atoms with van der Waals surface area (Å²) in [5.41, 5.74) is 0. The van der Waals surface area contributed by atoms with Crippen molar-refractivity contribution < 1.29 is 9.53 Å². The molecule has 0 aliphatic carbocycles. The summed E-state index contributed by atoms with van der Waals surface area (Å²) in [5.74, 6) is -0.248. The first kappa shape index (κ1) is 9.01. The van der Waals surface area contributed by atoms with Gasteiger partial charge in [-0.2, -0.15) is 0 Å². The summed E-state index contributed by atoms with van der Waals surface area (Å²) in [5, 5.41) is 2.77. The third kappa shape index (κ3) is 2.53. The van der Waals surface area contributed by atoms with Gasteiger partial charge >= 0.3 is 5.97 Å². The molecule has 58 valence electrons. The van der Waals surface area contributed by atoms with Crippen LogP contribution < -0.4 is 5.32 Å². The van der Waals surface area contributed by atoms with E-state index in [0.29, 0.717) is 6.42 Å². The number of carbonyl (C=O) groups excluding carboxylic acids is 1. The summed E-state index contributed by atoms with van der Waals surface area (Å²) in [4.78, 5) is 10.8. The molecular formula is C7H13NO2. The molecule has 0 aromatic rings. The molecule has 0 radical (unpaired) electrons. The van der Waals surface area contributed by atoms with Gasteiger partial charge in [-0.05, 0) is 12.6 Å². The smallest absolute Gasteiger partial charge is 0.328 e. The number of esters is 1. The molecule has 0 saturated carbocycles. The fourth-order valence-corrected chi connectivity index (χ4v) is 0.637. The lowest BCUT2D eigenvalue weighted by Gasteiger charge is -2.10. The maximum Gasteiger partial charge on any atom is 0.328 e. The van der Waals surface area contributed by atoms with Gasteiger partial charge in [-0.15, -0.1) is 0 Å². The summed E-state index contributed by atoms with van der Waals surface area (Å²) in [6.45, 7) is 5.35. The molecule has 0 aliphatic heterocycles. The highest BCUT2D eigenvalue weighted by Gasteiger charge is 2.13. The lowest BCUT2D eigenvalue weighted by atomic mass is 10.2. The predicted octanol–water partition coefficient (Wildman–Crippen LogP) is 0.671. The monoisotopic (exact) mass is 143 g/mol. The van der Waals surface area contributed by atoms with Crippen LogP contribution in [0.15, 0.2) is 12.8 Å². The van der Waals surface area contributed by atoms with E-state index in [1.165, 1.54) is 13.3 Å². The van der Waals surface area contributed by atoms with Crippen molar-refractivity contribution in [2.45, 2.75) is 19.4 Å². The fraction of sp³-hybridized carbons (Fsp3) is 0.571. The molecular weight excluding hydrogens is 130 g/mol. The maximum atomic E-state index is 10.8. The Hall–Kier alpha value is -0.990. The van der Waals surface area contributed by atoms with Gasteiger partial charge in [0.1, 0.15) is 6.04 Å². The molecule has 0 saturated heterocycles. The highest BCUT2D eigenvalue weighted by atomic mass is 16.5. The molecule has 0 aromatic heterocycles. The van der Waals surface area contributed by atoms with Crippen molar-refractivity contribution in [3.8, 4) is 0 Å². The Kier molecular flexibility index (Phi) is 4.37. The van der Waals surface area contributed by atoms with Gasteiger partial charge in [0, 0.05) is 0 Å². The first-order chi connectivity index (χ1) is 4.76. The molecule has 0 amide bonds. The van der Waals surface area contributed by atoms with Gasteiger partial charge in [0.25, 0.3) is 0 Å². The van der Waals surface area contributed by atoms with Crippen molar-refractivity contribution in [2.24, 2.45) is 0 Å². The Balaban J connectivity index is 3.79. The van der Waals surface area contributed by atoms with Crippen molar-refractivity contribution in [2.75, 3.05) is 7.11 Å². The predicted molar refractivity (Wildman–Crippen MR) is 39.4 cm³/mol. The second-order valence-corrected chi connectivity index (χ2v) is 1.85. The van der Waals surface area contributed by atoms with Crippen LogP contribution in [0.4, 0.5) is 0 Å². The van der Waals surface area contributed by atoms with Crippen LogP contribution in [0.3, 0.4) is 0 Å². The largest absolute Gasteiger partial charge is 0.467 e. The number of methoxy groups -OCH3 is 1. The van der Waals surface area contributed by atoms with Gasteiger partial charge in [-0.3, -0.25) is 0 Å². The van der Waals surface area contributed by atoms with E-state index in [0.717, 1.165) is 0 Å². The lowest BCUT2D eigenvalue weighted by molar-refractivity contribution is -0.142. The molecule has 0 aromatic carbocycles. The normalized spacial score (nSPS) is 11.8. The first-order valence-corrected chi connectivity index (χ1v) is 3.21. The number of hydrogen-bond acceptors (Lipinski definition) is 3. The van der Waals surface area contributed by atoms with E-state index in [-0.39, 0.29) is 12.0 Å². The van der Waals surface area contributed by atoms with Crippen LogP contribution in [-0.2, 0) is 9.53 Å². The van der Waals surface area contributed by atoms with E-state index in [1.54, 1.807) is 0 Å². The van der Waals surface area contributed by atoms with Gasteiger partial charge in [0.15, 0.2) is 0 Å². The molecule has 3 heteroatoms. The van der Waals surface area contributed by atoms with Crippen molar-refractivity contribution in [1.29, 1.82) is 0 Å². The Morgan fingerprint density at radius 1 is 1.90 bits per heavy atom. The molecule has 1 atom stereocenters. The first-order valence-electron chi connectivity index (χ1n) is 3.21. The maximum absolute atomic E-state index is 10.8. The molecule has 0 rings (SSSR count). The van der Waals surface area contributed by atoms with Gasteiger partial charge in [0.05, 0.1) is 7.11 Å². The topological polar surface area (TPSA) is 38.3 Å². The summed E-state index contributed by atoms with van der Waals surface area (Å²) in [6.07, 6.45) is 2.20.